The number of sulfonamides is 1. The summed E-state index contributed by atoms with van der Waals surface area (Å²) in [7, 11) is -6.46. The number of rotatable bonds is 1. The van der Waals surface area contributed by atoms with Crippen LogP contribution in [0, 0.1) is 0 Å². The van der Waals surface area contributed by atoms with Crippen LogP contribution >= 0.6 is 0 Å². The molecule has 0 atom stereocenters. The first-order valence-corrected chi connectivity index (χ1v) is 3.52. The Morgan fingerprint density at radius 3 is 1.31 bits per heavy atom. The van der Waals surface area contributed by atoms with Gasteiger partial charge in [-0.2, -0.15) is 26.3 Å². The second-order valence-electron chi connectivity index (χ2n) is 1.48. The number of nitrogens with zero attached hydrogens (tertiary/aromatic N) is 1. The molecule has 0 heterocycles. The molecule has 0 aromatic carbocycles. The molecule has 73 valence electrons. The van der Waals surface area contributed by atoms with Crippen molar-refractivity contribution in [3.63, 3.8) is 0 Å². The van der Waals surface area contributed by atoms with Crippen LogP contribution in [0.2, 0.25) is 0 Å². The van der Waals surface area contributed by atoms with Gasteiger partial charge in [-0.05, 0) is 4.72 Å². The molecule has 0 spiro atoms. The molecule has 0 N–H and O–H groups in total. The van der Waals surface area contributed by atoms with Gasteiger partial charge in [0, 0.05) is 0 Å². The summed E-state index contributed by atoms with van der Waals surface area (Å²) in [5, 5.41) is 0. The Balaban J connectivity index is 0. The van der Waals surface area contributed by atoms with Crippen molar-refractivity contribution < 1.29 is 53.6 Å². The Morgan fingerprint density at radius 2 is 1.23 bits per heavy atom. The average Bonchev–Trinajstić information content (AvgIpc) is 1.52. The summed E-state index contributed by atoms with van der Waals surface area (Å²) < 4.78 is 86.6. The summed E-state index contributed by atoms with van der Waals surface area (Å²) in [5.41, 5.74) is -6.01. The first kappa shape index (κ1) is 15.6. The second-order valence-corrected chi connectivity index (χ2v) is 3.08. The van der Waals surface area contributed by atoms with Crippen molar-refractivity contribution in [3.05, 3.63) is 0 Å². The fourth-order valence-corrected chi connectivity index (χ4v) is 0.564. The van der Waals surface area contributed by atoms with E-state index in [4.69, 9.17) is 0 Å². The van der Waals surface area contributed by atoms with E-state index in [1.54, 1.807) is 0 Å². The topological polar surface area (TPSA) is 48.2 Å². The largest absolute Gasteiger partial charge is 1.00 e. The fraction of sp³-hybridized carbons (Fsp3) is 1.00. The Hall–Kier alpha value is 0.0874. The molecule has 0 aliphatic carbocycles. The molecule has 0 amide bonds. The van der Waals surface area contributed by atoms with Crippen LogP contribution in [0.15, 0.2) is 0 Å². The zero-order chi connectivity index (χ0) is 10.2. The van der Waals surface area contributed by atoms with Gasteiger partial charge in [0.1, 0.15) is 0 Å². The van der Waals surface area contributed by atoms with E-state index in [1.807, 2.05) is 0 Å². The number of alkyl halides is 6. The molecule has 0 rings (SSSR count). The summed E-state index contributed by atoms with van der Waals surface area (Å²) >= 11 is 0. The molecule has 0 unspecified atom stereocenters. The Labute approximate surface area is 80.7 Å². The smallest absolute Gasteiger partial charge is 0.201 e. The van der Waals surface area contributed by atoms with E-state index in [1.165, 1.54) is 0 Å². The van der Waals surface area contributed by atoms with Crippen molar-refractivity contribution in [1.82, 2.24) is 4.72 Å². The summed E-state index contributed by atoms with van der Waals surface area (Å²) in [6, 6.07) is 0. The molecule has 1 radical (unpaired) electrons. The van der Waals surface area contributed by atoms with Crippen LogP contribution in [0.3, 0.4) is 0 Å². The molecule has 0 aliphatic heterocycles. The molecule has 0 bridgehead atoms. The monoisotopic (exact) mass is 223 g/mol. The molecular weight excluding hydrogens is 223 g/mol. The average molecular weight is 223 g/mol. The van der Waals surface area contributed by atoms with E-state index in [0.29, 0.717) is 4.72 Å². The summed E-state index contributed by atoms with van der Waals surface area (Å²) in [6.45, 7) is 0. The molecular formula is C2F6LiNO2S+. The van der Waals surface area contributed by atoms with Gasteiger partial charge < -0.3 is 0 Å². The quantitative estimate of drug-likeness (QED) is 0.292. The standard InChI is InChI=1S/C2F6NO2S.Li/c3-1(4,5)9-12(10,11)2(6,7)8;/q;+1. The van der Waals surface area contributed by atoms with Gasteiger partial charge in [-0.25, -0.2) is 8.42 Å². The van der Waals surface area contributed by atoms with E-state index in [0.717, 1.165) is 0 Å². The van der Waals surface area contributed by atoms with Gasteiger partial charge in [-0.15, -0.1) is 0 Å². The third-order valence-corrected chi connectivity index (χ3v) is 1.55. The van der Waals surface area contributed by atoms with E-state index < -0.39 is 21.8 Å². The minimum Gasteiger partial charge on any atom is -0.201 e. The molecule has 0 fully saturated rings. The molecule has 0 aromatic rings. The zero-order valence-corrected chi connectivity index (χ0v) is 6.76. The van der Waals surface area contributed by atoms with Crippen LogP contribution in [-0.2, 0) is 10.0 Å². The molecule has 13 heavy (non-hydrogen) atoms. The third kappa shape index (κ3) is 5.40. The van der Waals surface area contributed by atoms with E-state index >= 15 is 0 Å². The van der Waals surface area contributed by atoms with Gasteiger partial charge in [0.2, 0.25) is 0 Å². The maximum absolute atomic E-state index is 11.2. The maximum Gasteiger partial charge on any atom is 1.00 e. The maximum atomic E-state index is 11.2. The summed E-state index contributed by atoms with van der Waals surface area (Å²) in [6.07, 6.45) is -5.74. The molecule has 0 saturated carbocycles. The van der Waals surface area contributed by atoms with Crippen molar-refractivity contribution in [2.24, 2.45) is 0 Å². The van der Waals surface area contributed by atoms with Gasteiger partial charge in [-0.3, -0.25) is 0 Å². The van der Waals surface area contributed by atoms with Crippen molar-refractivity contribution in [3.8, 4) is 0 Å². The van der Waals surface area contributed by atoms with Crippen LogP contribution in [0.25, 0.3) is 0 Å². The summed E-state index contributed by atoms with van der Waals surface area (Å²) in [5.74, 6) is 0. The van der Waals surface area contributed by atoms with Gasteiger partial charge in [0.15, 0.2) is 0 Å². The summed E-state index contributed by atoms with van der Waals surface area (Å²) in [4.78, 5) is 0. The molecule has 0 aromatic heterocycles. The van der Waals surface area contributed by atoms with Crippen LogP contribution in [0.4, 0.5) is 26.3 Å². The molecule has 0 aliphatic rings. The van der Waals surface area contributed by atoms with Crippen molar-refractivity contribution in [1.29, 1.82) is 0 Å². The van der Waals surface area contributed by atoms with Crippen LogP contribution in [0.1, 0.15) is 0 Å². The van der Waals surface area contributed by atoms with E-state index in [2.05, 4.69) is 0 Å². The number of hydrogen-bond acceptors (Lipinski definition) is 2. The van der Waals surface area contributed by atoms with Crippen LogP contribution < -0.4 is 23.6 Å². The Bertz CT molecular complexity index is 253. The van der Waals surface area contributed by atoms with Gasteiger partial charge in [-0.1, -0.05) is 0 Å². The van der Waals surface area contributed by atoms with Crippen LogP contribution in [-0.4, -0.2) is 20.2 Å². The minimum atomic E-state index is -6.46. The van der Waals surface area contributed by atoms with Gasteiger partial charge in [0.25, 0.3) is 0 Å². The SMILES string of the molecule is O=S(=O)([N]C(F)(F)F)C(F)(F)F.[Li+]. The first-order valence-electron chi connectivity index (χ1n) is 2.08. The third-order valence-electron chi connectivity index (χ3n) is 0.516. The van der Waals surface area contributed by atoms with Crippen LogP contribution in [0.5, 0.6) is 0 Å². The normalized spacial score (nSPS) is 13.7. The first-order chi connectivity index (χ1) is 4.96. The minimum absolute atomic E-state index is 0. The van der Waals surface area contributed by atoms with Crippen molar-refractivity contribution in [2.75, 3.05) is 0 Å². The second kappa shape index (κ2) is 4.08. The Morgan fingerprint density at radius 1 is 0.923 bits per heavy atom. The molecule has 3 nitrogen and oxygen atoms in total. The Kier molecular flexibility index (Phi) is 4.88. The van der Waals surface area contributed by atoms with Gasteiger partial charge >= 0.3 is 40.7 Å². The predicted octanol–water partition coefficient (Wildman–Crippen LogP) is -2.04. The zero-order valence-electron chi connectivity index (χ0n) is 5.94. The number of halogens is 6. The van der Waals surface area contributed by atoms with E-state index in [9.17, 15) is 34.8 Å². The van der Waals surface area contributed by atoms with E-state index in [-0.39, 0.29) is 18.9 Å². The number of hydrogen-bond donors (Lipinski definition) is 0. The molecule has 0 saturated heterocycles. The van der Waals surface area contributed by atoms with Crippen molar-refractivity contribution in [2.45, 2.75) is 11.8 Å². The predicted molar refractivity (Wildman–Crippen MR) is 23.2 cm³/mol. The fourth-order valence-electron chi connectivity index (χ4n) is 0.188. The van der Waals surface area contributed by atoms with Gasteiger partial charge in [0.05, 0.1) is 0 Å². The molecule has 11 heteroatoms. The van der Waals surface area contributed by atoms with Crippen molar-refractivity contribution >= 4 is 10.0 Å².